The van der Waals surface area contributed by atoms with Gasteiger partial charge in [-0.15, -0.1) is 6.58 Å². The zero-order chi connectivity index (χ0) is 11.3. The molecule has 0 spiro atoms. The van der Waals surface area contributed by atoms with E-state index in [2.05, 4.69) is 37.0 Å². The minimum atomic E-state index is 0.230. The zero-order valence-corrected chi connectivity index (χ0v) is 9.95. The van der Waals surface area contributed by atoms with Crippen LogP contribution in [0.25, 0.3) is 0 Å². The van der Waals surface area contributed by atoms with Crippen LogP contribution in [0.2, 0.25) is 0 Å². The topological polar surface area (TPSA) is 29.9 Å². The monoisotopic (exact) mass is 207 g/mol. The third-order valence-corrected chi connectivity index (χ3v) is 2.46. The second-order valence-electron chi connectivity index (χ2n) is 3.73. The van der Waals surface area contributed by atoms with Crippen LogP contribution in [0.4, 0.5) is 0 Å². The Hall–Kier alpha value is -1.09. The average molecular weight is 207 g/mol. The quantitative estimate of drug-likeness (QED) is 0.725. The minimum absolute atomic E-state index is 0.230. The summed E-state index contributed by atoms with van der Waals surface area (Å²) in [7, 11) is 1.96. The first-order chi connectivity index (χ1) is 7.22. The number of aryl methyl sites for hydroxylation is 2. The second-order valence-corrected chi connectivity index (χ2v) is 3.73. The molecule has 1 aromatic heterocycles. The lowest BCUT2D eigenvalue weighted by Gasteiger charge is -2.13. The smallest absolute Gasteiger partial charge is 0.0672 e. The molecule has 0 amide bonds. The highest BCUT2D eigenvalue weighted by molar-refractivity contribution is 5.24. The van der Waals surface area contributed by atoms with Crippen LogP contribution in [-0.4, -0.2) is 16.3 Å². The molecule has 84 valence electrons. The van der Waals surface area contributed by atoms with Crippen LogP contribution in [0, 0.1) is 0 Å². The van der Waals surface area contributed by atoms with Crippen LogP contribution in [0.15, 0.2) is 18.9 Å². The van der Waals surface area contributed by atoms with Gasteiger partial charge in [-0.3, -0.25) is 4.68 Å². The Morgan fingerprint density at radius 2 is 2.33 bits per heavy atom. The summed E-state index contributed by atoms with van der Waals surface area (Å²) in [6.45, 7) is 9.18. The van der Waals surface area contributed by atoms with Crippen LogP contribution < -0.4 is 5.32 Å². The van der Waals surface area contributed by atoms with Gasteiger partial charge in [0.15, 0.2) is 0 Å². The standard InChI is InChI=1S/C12H21N3/c1-5-8-13-11(6-2)10-9-15(4)14-12(10)7-3/h6,9,11,13H,2,5,7-8H2,1,3-4H3. The van der Waals surface area contributed by atoms with Crippen molar-refractivity contribution in [3.8, 4) is 0 Å². The number of aromatic nitrogens is 2. The lowest BCUT2D eigenvalue weighted by Crippen LogP contribution is -2.20. The van der Waals surface area contributed by atoms with E-state index in [1.165, 1.54) is 5.56 Å². The third kappa shape index (κ3) is 2.93. The summed E-state index contributed by atoms with van der Waals surface area (Å²) >= 11 is 0. The Kier molecular flexibility index (Phi) is 4.56. The van der Waals surface area contributed by atoms with E-state index in [0.717, 1.165) is 25.1 Å². The van der Waals surface area contributed by atoms with Crippen LogP contribution >= 0.6 is 0 Å². The molecule has 0 aliphatic rings. The highest BCUT2D eigenvalue weighted by atomic mass is 15.3. The zero-order valence-electron chi connectivity index (χ0n) is 9.95. The van der Waals surface area contributed by atoms with Crippen LogP contribution in [0.3, 0.4) is 0 Å². The summed E-state index contributed by atoms with van der Waals surface area (Å²) in [4.78, 5) is 0. The molecule has 1 aromatic rings. The van der Waals surface area contributed by atoms with Crippen molar-refractivity contribution in [2.45, 2.75) is 32.7 Å². The van der Waals surface area contributed by atoms with Gasteiger partial charge in [-0.25, -0.2) is 0 Å². The molecule has 15 heavy (non-hydrogen) atoms. The normalized spacial score (nSPS) is 12.7. The fourth-order valence-corrected chi connectivity index (χ4v) is 1.71. The van der Waals surface area contributed by atoms with Gasteiger partial charge in [0.1, 0.15) is 0 Å². The maximum atomic E-state index is 4.43. The van der Waals surface area contributed by atoms with Crippen molar-refractivity contribution >= 4 is 0 Å². The van der Waals surface area contributed by atoms with Gasteiger partial charge < -0.3 is 5.32 Å². The molecular formula is C12H21N3. The highest BCUT2D eigenvalue weighted by Crippen LogP contribution is 2.18. The molecule has 1 atom stereocenters. The van der Waals surface area contributed by atoms with Crippen molar-refractivity contribution in [2.24, 2.45) is 7.05 Å². The predicted octanol–water partition coefficient (Wildman–Crippen LogP) is 2.21. The van der Waals surface area contributed by atoms with Gasteiger partial charge in [0.05, 0.1) is 11.7 Å². The number of rotatable bonds is 6. The lowest BCUT2D eigenvalue weighted by molar-refractivity contribution is 0.609. The SMILES string of the molecule is C=CC(NCCC)c1cn(C)nc1CC. The van der Waals surface area contributed by atoms with Gasteiger partial charge in [-0.2, -0.15) is 5.10 Å². The van der Waals surface area contributed by atoms with Gasteiger partial charge in [0.2, 0.25) is 0 Å². The summed E-state index contributed by atoms with van der Waals surface area (Å²) in [5.74, 6) is 0. The average Bonchev–Trinajstić information content (AvgIpc) is 2.61. The Morgan fingerprint density at radius 3 is 2.87 bits per heavy atom. The molecule has 1 unspecified atom stereocenters. The second kappa shape index (κ2) is 5.71. The molecule has 0 radical (unpaired) electrons. The van der Waals surface area contributed by atoms with E-state index < -0.39 is 0 Å². The molecule has 0 fully saturated rings. The molecule has 0 saturated carbocycles. The van der Waals surface area contributed by atoms with E-state index in [0.29, 0.717) is 0 Å². The molecule has 3 nitrogen and oxygen atoms in total. The van der Waals surface area contributed by atoms with Gasteiger partial charge in [0, 0.05) is 18.8 Å². The van der Waals surface area contributed by atoms with E-state index >= 15 is 0 Å². The van der Waals surface area contributed by atoms with E-state index in [9.17, 15) is 0 Å². The van der Waals surface area contributed by atoms with Crippen molar-refractivity contribution in [1.82, 2.24) is 15.1 Å². The first kappa shape index (κ1) is 12.0. The molecule has 3 heteroatoms. The maximum absolute atomic E-state index is 4.43. The maximum Gasteiger partial charge on any atom is 0.0672 e. The Bertz CT molecular complexity index is 315. The Labute approximate surface area is 92.2 Å². The first-order valence-corrected chi connectivity index (χ1v) is 5.61. The summed E-state index contributed by atoms with van der Waals surface area (Å²) in [5, 5.41) is 7.89. The summed E-state index contributed by atoms with van der Waals surface area (Å²) in [6.07, 6.45) is 6.13. The molecule has 0 aromatic carbocycles. The van der Waals surface area contributed by atoms with Crippen LogP contribution in [-0.2, 0) is 13.5 Å². The fraction of sp³-hybridized carbons (Fsp3) is 0.583. The largest absolute Gasteiger partial charge is 0.307 e. The van der Waals surface area contributed by atoms with Gasteiger partial charge in [-0.05, 0) is 19.4 Å². The summed E-state index contributed by atoms with van der Waals surface area (Å²) < 4.78 is 1.87. The highest BCUT2D eigenvalue weighted by Gasteiger charge is 2.13. The third-order valence-electron chi connectivity index (χ3n) is 2.46. The summed E-state index contributed by atoms with van der Waals surface area (Å²) in [5.41, 5.74) is 2.41. The van der Waals surface area contributed by atoms with Crippen molar-refractivity contribution in [3.05, 3.63) is 30.1 Å². The van der Waals surface area contributed by atoms with Gasteiger partial charge in [0.25, 0.3) is 0 Å². The molecule has 1 N–H and O–H groups in total. The molecule has 0 aliphatic carbocycles. The number of nitrogens with zero attached hydrogens (tertiary/aromatic N) is 2. The van der Waals surface area contributed by atoms with Crippen molar-refractivity contribution in [3.63, 3.8) is 0 Å². The predicted molar refractivity (Wildman–Crippen MR) is 63.8 cm³/mol. The summed E-state index contributed by atoms with van der Waals surface area (Å²) in [6, 6.07) is 0.230. The van der Waals surface area contributed by atoms with Crippen LogP contribution in [0.1, 0.15) is 37.6 Å². The van der Waals surface area contributed by atoms with Crippen molar-refractivity contribution in [1.29, 1.82) is 0 Å². The van der Waals surface area contributed by atoms with Gasteiger partial charge in [-0.1, -0.05) is 19.9 Å². The number of hydrogen-bond acceptors (Lipinski definition) is 2. The number of nitrogens with one attached hydrogen (secondary N) is 1. The molecular weight excluding hydrogens is 186 g/mol. The number of hydrogen-bond donors (Lipinski definition) is 1. The molecule has 1 heterocycles. The van der Waals surface area contributed by atoms with E-state index in [1.54, 1.807) is 0 Å². The van der Waals surface area contributed by atoms with Crippen molar-refractivity contribution < 1.29 is 0 Å². The fourth-order valence-electron chi connectivity index (χ4n) is 1.71. The molecule has 0 saturated heterocycles. The van der Waals surface area contributed by atoms with E-state index in [4.69, 9.17) is 0 Å². The van der Waals surface area contributed by atoms with Gasteiger partial charge >= 0.3 is 0 Å². The Morgan fingerprint density at radius 1 is 1.60 bits per heavy atom. The molecule has 0 aliphatic heterocycles. The van der Waals surface area contributed by atoms with E-state index in [-0.39, 0.29) is 6.04 Å². The Balaban J connectivity index is 2.84. The first-order valence-electron chi connectivity index (χ1n) is 5.61. The van der Waals surface area contributed by atoms with Crippen molar-refractivity contribution in [2.75, 3.05) is 6.54 Å². The van der Waals surface area contributed by atoms with Crippen LogP contribution in [0.5, 0.6) is 0 Å². The van der Waals surface area contributed by atoms with E-state index in [1.807, 2.05) is 17.8 Å². The lowest BCUT2D eigenvalue weighted by atomic mass is 10.1. The minimum Gasteiger partial charge on any atom is -0.307 e. The molecule has 1 rings (SSSR count). The molecule has 0 bridgehead atoms.